The van der Waals surface area contributed by atoms with Crippen molar-refractivity contribution < 1.29 is 27.1 Å². The summed E-state index contributed by atoms with van der Waals surface area (Å²) in [6, 6.07) is 10.7. The summed E-state index contributed by atoms with van der Waals surface area (Å²) in [5, 5.41) is 2.65. The molecule has 2 aromatic rings. The third-order valence-electron chi connectivity index (χ3n) is 4.52. The molecule has 0 saturated heterocycles. The molecule has 1 N–H and O–H groups in total. The van der Waals surface area contributed by atoms with Crippen molar-refractivity contribution in [3.8, 4) is 0 Å². The molecule has 1 amide bonds. The van der Waals surface area contributed by atoms with Gasteiger partial charge in [0.05, 0.1) is 16.5 Å². The van der Waals surface area contributed by atoms with Crippen molar-refractivity contribution in [3.05, 3.63) is 65.5 Å². The Morgan fingerprint density at radius 3 is 2.13 bits per heavy atom. The Kier molecular flexibility index (Phi) is 8.08. The van der Waals surface area contributed by atoms with E-state index in [0.717, 1.165) is 0 Å². The Balaban J connectivity index is 1.93. The molecule has 0 bridgehead atoms. The molecule has 2 rings (SSSR count). The lowest BCUT2D eigenvalue weighted by atomic mass is 10.1. The Hall–Kier alpha value is -2.78. The number of hydrogen-bond acceptors (Lipinski definition) is 5. The van der Waals surface area contributed by atoms with E-state index in [1.54, 1.807) is 32.9 Å². The van der Waals surface area contributed by atoms with Gasteiger partial charge in [0.15, 0.2) is 6.61 Å². The monoisotopic (exact) mass is 436 g/mol. The van der Waals surface area contributed by atoms with E-state index in [1.807, 2.05) is 0 Å². The molecule has 0 fully saturated rings. The van der Waals surface area contributed by atoms with Crippen molar-refractivity contribution in [2.24, 2.45) is 0 Å². The smallest absolute Gasteiger partial charge is 0.338 e. The minimum atomic E-state index is -3.62. The third kappa shape index (κ3) is 5.87. The lowest BCUT2D eigenvalue weighted by Gasteiger charge is -2.18. The van der Waals surface area contributed by atoms with E-state index >= 15 is 0 Å². The molecule has 0 spiro atoms. The standard InChI is InChI=1S/C21H25FN2O5S/c1-4-24(5-2)30(27,28)19-12-8-17(9-13-19)21(26)29-14-20(25)23-15(3)16-6-10-18(22)11-7-16/h6-13,15H,4-5,14H2,1-3H3,(H,23,25)/t15-/m0/s1. The number of amides is 1. The number of sulfonamides is 1. The summed E-state index contributed by atoms with van der Waals surface area (Å²) >= 11 is 0. The Bertz CT molecular complexity index is 971. The average molecular weight is 437 g/mol. The molecule has 7 nitrogen and oxygen atoms in total. The number of nitrogens with one attached hydrogen (secondary N) is 1. The molecule has 0 aliphatic heterocycles. The van der Waals surface area contributed by atoms with Crippen LogP contribution < -0.4 is 5.32 Å². The van der Waals surface area contributed by atoms with Gasteiger partial charge in [0.2, 0.25) is 10.0 Å². The number of carbonyl (C=O) groups excluding carboxylic acids is 2. The summed E-state index contributed by atoms with van der Waals surface area (Å²) in [5.74, 6) is -1.63. The molecule has 0 unspecified atom stereocenters. The number of nitrogens with zero attached hydrogens (tertiary/aromatic N) is 1. The number of ether oxygens (including phenoxy) is 1. The Morgan fingerprint density at radius 1 is 1.03 bits per heavy atom. The fraction of sp³-hybridized carbons (Fsp3) is 0.333. The van der Waals surface area contributed by atoms with Crippen LogP contribution in [0.5, 0.6) is 0 Å². The van der Waals surface area contributed by atoms with Crippen LogP contribution in [-0.4, -0.2) is 44.3 Å². The lowest BCUT2D eigenvalue weighted by Crippen LogP contribution is -2.31. The minimum absolute atomic E-state index is 0.0774. The second-order valence-corrected chi connectivity index (χ2v) is 8.47. The molecule has 0 radical (unpaired) electrons. The largest absolute Gasteiger partial charge is 0.452 e. The first-order valence-electron chi connectivity index (χ1n) is 9.51. The quantitative estimate of drug-likeness (QED) is 0.610. The van der Waals surface area contributed by atoms with Crippen molar-refractivity contribution >= 4 is 21.9 Å². The van der Waals surface area contributed by atoms with Gasteiger partial charge in [-0.15, -0.1) is 0 Å². The fourth-order valence-corrected chi connectivity index (χ4v) is 4.27. The van der Waals surface area contributed by atoms with Crippen LogP contribution in [0, 0.1) is 5.82 Å². The van der Waals surface area contributed by atoms with Crippen molar-refractivity contribution in [2.45, 2.75) is 31.7 Å². The van der Waals surface area contributed by atoms with E-state index in [1.165, 1.54) is 40.7 Å². The van der Waals surface area contributed by atoms with E-state index in [-0.39, 0.29) is 22.3 Å². The van der Waals surface area contributed by atoms with Crippen LogP contribution in [-0.2, 0) is 19.6 Å². The zero-order valence-corrected chi connectivity index (χ0v) is 17.9. The number of esters is 1. The van der Waals surface area contributed by atoms with E-state index in [9.17, 15) is 22.4 Å². The lowest BCUT2D eigenvalue weighted by molar-refractivity contribution is -0.124. The highest BCUT2D eigenvalue weighted by Gasteiger charge is 2.22. The highest BCUT2D eigenvalue weighted by Crippen LogP contribution is 2.17. The van der Waals surface area contributed by atoms with Gasteiger partial charge in [0, 0.05) is 13.1 Å². The second kappa shape index (κ2) is 10.3. The van der Waals surface area contributed by atoms with Gasteiger partial charge in [0.1, 0.15) is 5.82 Å². The maximum atomic E-state index is 13.0. The molecule has 0 aliphatic carbocycles. The summed E-state index contributed by atoms with van der Waals surface area (Å²) < 4.78 is 44.2. The summed E-state index contributed by atoms with van der Waals surface area (Å²) in [5.41, 5.74) is 0.842. The first kappa shape index (κ1) is 23.5. The van der Waals surface area contributed by atoms with Crippen molar-refractivity contribution in [1.29, 1.82) is 0 Å². The van der Waals surface area contributed by atoms with Gasteiger partial charge in [0.25, 0.3) is 5.91 Å². The van der Waals surface area contributed by atoms with Crippen LogP contribution in [0.2, 0.25) is 0 Å². The molecule has 0 aromatic heterocycles. The van der Waals surface area contributed by atoms with E-state index < -0.39 is 28.5 Å². The van der Waals surface area contributed by atoms with Crippen LogP contribution in [0.4, 0.5) is 4.39 Å². The summed E-state index contributed by atoms with van der Waals surface area (Å²) in [6.45, 7) is 5.40. The first-order valence-corrected chi connectivity index (χ1v) is 10.9. The number of benzene rings is 2. The van der Waals surface area contributed by atoms with E-state index in [0.29, 0.717) is 18.7 Å². The predicted molar refractivity (Wildman–Crippen MR) is 110 cm³/mol. The predicted octanol–water partition coefficient (Wildman–Crippen LogP) is 2.89. The molecule has 30 heavy (non-hydrogen) atoms. The third-order valence-corrected chi connectivity index (χ3v) is 6.58. The summed E-state index contributed by atoms with van der Waals surface area (Å²) in [6.07, 6.45) is 0. The van der Waals surface area contributed by atoms with Crippen LogP contribution in [0.3, 0.4) is 0 Å². The van der Waals surface area contributed by atoms with Gasteiger partial charge in [-0.1, -0.05) is 26.0 Å². The molecular weight excluding hydrogens is 411 g/mol. The fourth-order valence-electron chi connectivity index (χ4n) is 2.81. The molecule has 0 saturated carbocycles. The number of hydrogen-bond donors (Lipinski definition) is 1. The van der Waals surface area contributed by atoms with Gasteiger partial charge in [-0.3, -0.25) is 4.79 Å². The first-order chi connectivity index (χ1) is 14.2. The Labute approximate surface area is 175 Å². The highest BCUT2D eigenvalue weighted by molar-refractivity contribution is 7.89. The van der Waals surface area contributed by atoms with Gasteiger partial charge < -0.3 is 10.1 Å². The zero-order chi connectivity index (χ0) is 22.3. The number of halogens is 1. The summed E-state index contributed by atoms with van der Waals surface area (Å²) in [7, 11) is -3.62. The van der Waals surface area contributed by atoms with Crippen LogP contribution in [0.15, 0.2) is 53.4 Å². The molecule has 1 atom stereocenters. The van der Waals surface area contributed by atoms with Crippen molar-refractivity contribution in [3.63, 3.8) is 0 Å². The molecule has 162 valence electrons. The van der Waals surface area contributed by atoms with Gasteiger partial charge in [-0.05, 0) is 48.9 Å². The van der Waals surface area contributed by atoms with Crippen molar-refractivity contribution in [2.75, 3.05) is 19.7 Å². The molecule has 2 aromatic carbocycles. The van der Waals surface area contributed by atoms with Crippen molar-refractivity contribution in [1.82, 2.24) is 9.62 Å². The molecule has 0 heterocycles. The minimum Gasteiger partial charge on any atom is -0.452 e. The zero-order valence-electron chi connectivity index (χ0n) is 17.1. The van der Waals surface area contributed by atoms with Crippen LogP contribution in [0.25, 0.3) is 0 Å². The normalized spacial score (nSPS) is 12.4. The molecule has 0 aliphatic rings. The van der Waals surface area contributed by atoms with Crippen LogP contribution in [0.1, 0.15) is 42.7 Å². The van der Waals surface area contributed by atoms with Gasteiger partial charge in [-0.2, -0.15) is 4.31 Å². The van der Waals surface area contributed by atoms with E-state index in [2.05, 4.69) is 5.32 Å². The maximum Gasteiger partial charge on any atom is 0.338 e. The van der Waals surface area contributed by atoms with E-state index in [4.69, 9.17) is 4.74 Å². The average Bonchev–Trinajstić information content (AvgIpc) is 2.73. The second-order valence-electron chi connectivity index (χ2n) is 6.53. The highest BCUT2D eigenvalue weighted by atomic mass is 32.2. The number of carbonyl (C=O) groups is 2. The molecular formula is C21H25FN2O5S. The molecule has 9 heteroatoms. The summed E-state index contributed by atoms with van der Waals surface area (Å²) in [4.78, 5) is 24.2. The van der Waals surface area contributed by atoms with Crippen LogP contribution >= 0.6 is 0 Å². The van der Waals surface area contributed by atoms with Gasteiger partial charge in [-0.25, -0.2) is 17.6 Å². The maximum absolute atomic E-state index is 13.0. The van der Waals surface area contributed by atoms with Gasteiger partial charge >= 0.3 is 5.97 Å². The SMILES string of the molecule is CCN(CC)S(=O)(=O)c1ccc(C(=O)OCC(=O)N[C@@H](C)c2ccc(F)cc2)cc1. The number of rotatable bonds is 9. The Morgan fingerprint density at radius 2 is 1.60 bits per heavy atom. The topological polar surface area (TPSA) is 92.8 Å².